The smallest absolute Gasteiger partial charge is 0.353 e. The van der Waals surface area contributed by atoms with E-state index in [1.54, 1.807) is 60.0 Å². The lowest BCUT2D eigenvalue weighted by Gasteiger charge is -2.03. The summed E-state index contributed by atoms with van der Waals surface area (Å²) in [7, 11) is 0. The predicted molar refractivity (Wildman–Crippen MR) is 95.5 cm³/mol. The van der Waals surface area contributed by atoms with Gasteiger partial charge in [-0.05, 0) is 59.5 Å². The average Bonchev–Trinajstić information content (AvgIpc) is 3.16. The van der Waals surface area contributed by atoms with Crippen LogP contribution in [0.5, 0.6) is 5.75 Å². The number of esters is 1. The summed E-state index contributed by atoms with van der Waals surface area (Å²) in [4.78, 5) is 24.5. The zero-order valence-electron chi connectivity index (χ0n) is 13.0. The molecule has 0 spiro atoms. The molecule has 3 aromatic rings. The molecule has 124 valence electrons. The lowest BCUT2D eigenvalue weighted by atomic mass is 10.1. The molecule has 5 heteroatoms. The maximum Gasteiger partial charge on any atom is 0.353 e. The van der Waals surface area contributed by atoms with Gasteiger partial charge in [-0.3, -0.25) is 4.79 Å². The Hall–Kier alpha value is -3.05. The van der Waals surface area contributed by atoms with Crippen LogP contribution in [0.25, 0.3) is 6.08 Å². The molecule has 1 aromatic heterocycles. The van der Waals surface area contributed by atoms with Gasteiger partial charge >= 0.3 is 5.97 Å². The first kappa shape index (κ1) is 16.8. The van der Waals surface area contributed by atoms with Crippen LogP contribution >= 0.6 is 11.3 Å². The Morgan fingerprint density at radius 2 is 1.68 bits per heavy atom. The van der Waals surface area contributed by atoms with Crippen molar-refractivity contribution >= 4 is 29.2 Å². The Morgan fingerprint density at radius 1 is 0.960 bits per heavy atom. The maximum absolute atomic E-state index is 12.8. The molecular weight excluding hydrogens is 339 g/mol. The lowest BCUT2D eigenvalue weighted by Crippen LogP contribution is -2.06. The SMILES string of the molecule is O=C(C=Cc1ccc(F)cc1)c1ccc(OC(=O)c2cccs2)cc1. The molecule has 0 aliphatic heterocycles. The first-order valence-corrected chi connectivity index (χ1v) is 8.33. The van der Waals surface area contributed by atoms with E-state index < -0.39 is 5.97 Å². The number of halogens is 1. The molecule has 0 saturated carbocycles. The predicted octanol–water partition coefficient (Wildman–Crippen LogP) is 5.00. The van der Waals surface area contributed by atoms with Gasteiger partial charge in [-0.2, -0.15) is 0 Å². The average molecular weight is 352 g/mol. The van der Waals surface area contributed by atoms with Gasteiger partial charge < -0.3 is 4.74 Å². The third-order valence-corrected chi connectivity index (χ3v) is 4.22. The first-order chi connectivity index (χ1) is 12.1. The number of rotatable bonds is 5. The second kappa shape index (κ2) is 7.68. The van der Waals surface area contributed by atoms with E-state index >= 15 is 0 Å². The second-order valence-electron chi connectivity index (χ2n) is 5.14. The summed E-state index contributed by atoms with van der Waals surface area (Å²) in [6.45, 7) is 0. The molecule has 0 N–H and O–H groups in total. The Balaban J connectivity index is 1.64. The minimum absolute atomic E-state index is 0.194. The molecule has 3 nitrogen and oxygen atoms in total. The normalized spacial score (nSPS) is 10.8. The summed E-state index contributed by atoms with van der Waals surface area (Å²) in [5.41, 5.74) is 1.20. The van der Waals surface area contributed by atoms with Crippen LogP contribution in [0.2, 0.25) is 0 Å². The van der Waals surface area contributed by atoms with E-state index in [-0.39, 0.29) is 11.6 Å². The molecule has 0 radical (unpaired) electrons. The van der Waals surface area contributed by atoms with Crippen LogP contribution < -0.4 is 4.74 Å². The Labute approximate surface area is 148 Å². The number of carbonyl (C=O) groups is 2. The molecule has 0 saturated heterocycles. The molecular formula is C20H13FO3S. The van der Waals surface area contributed by atoms with Crippen molar-refractivity contribution in [3.63, 3.8) is 0 Å². The van der Waals surface area contributed by atoms with Crippen LogP contribution in [0.15, 0.2) is 72.1 Å². The number of thiophene rings is 1. The molecule has 0 atom stereocenters. The number of carbonyl (C=O) groups excluding carboxylic acids is 2. The summed E-state index contributed by atoms with van der Waals surface area (Å²) < 4.78 is 18.1. The fourth-order valence-corrected chi connectivity index (χ4v) is 2.68. The molecule has 0 aliphatic rings. The molecule has 3 rings (SSSR count). The highest BCUT2D eigenvalue weighted by Crippen LogP contribution is 2.17. The van der Waals surface area contributed by atoms with Crippen molar-refractivity contribution in [2.24, 2.45) is 0 Å². The third-order valence-electron chi connectivity index (χ3n) is 3.37. The van der Waals surface area contributed by atoms with Crippen LogP contribution in [0, 0.1) is 5.82 Å². The Morgan fingerprint density at radius 3 is 2.32 bits per heavy atom. The quantitative estimate of drug-likeness (QED) is 0.281. The number of allylic oxidation sites excluding steroid dienone is 1. The van der Waals surface area contributed by atoms with Crippen LogP contribution in [-0.2, 0) is 0 Å². The van der Waals surface area contributed by atoms with Gasteiger partial charge in [-0.25, -0.2) is 9.18 Å². The van der Waals surface area contributed by atoms with E-state index in [1.807, 2.05) is 0 Å². The van der Waals surface area contributed by atoms with Crippen LogP contribution in [0.1, 0.15) is 25.6 Å². The number of hydrogen-bond acceptors (Lipinski definition) is 4. The summed E-state index contributed by atoms with van der Waals surface area (Å²) in [5, 5.41) is 1.80. The largest absolute Gasteiger partial charge is 0.422 e. The molecule has 0 amide bonds. The highest BCUT2D eigenvalue weighted by Gasteiger charge is 2.10. The standard InChI is InChI=1S/C20H13FO3S/c21-16-8-3-14(4-9-16)5-12-18(22)15-6-10-17(11-7-15)24-20(23)19-2-1-13-25-19/h1-13H. The highest BCUT2D eigenvalue weighted by molar-refractivity contribution is 7.12. The Kier molecular flexibility index (Phi) is 5.16. The second-order valence-corrected chi connectivity index (χ2v) is 6.09. The molecule has 0 fully saturated rings. The van der Waals surface area contributed by atoms with Crippen molar-refractivity contribution in [2.75, 3.05) is 0 Å². The van der Waals surface area contributed by atoms with E-state index in [0.29, 0.717) is 16.2 Å². The molecule has 0 unspecified atom stereocenters. The first-order valence-electron chi connectivity index (χ1n) is 7.45. The molecule has 1 heterocycles. The molecule has 0 aliphatic carbocycles. The third kappa shape index (κ3) is 4.49. The van der Waals surface area contributed by atoms with E-state index in [4.69, 9.17) is 4.74 Å². The fraction of sp³-hybridized carbons (Fsp3) is 0. The topological polar surface area (TPSA) is 43.4 Å². The van der Waals surface area contributed by atoms with Gasteiger partial charge in [0.05, 0.1) is 0 Å². The van der Waals surface area contributed by atoms with Gasteiger partial charge in [-0.15, -0.1) is 11.3 Å². The van der Waals surface area contributed by atoms with Gasteiger partial charge in [0.1, 0.15) is 16.4 Å². The lowest BCUT2D eigenvalue weighted by molar-refractivity contribution is 0.0740. The van der Waals surface area contributed by atoms with Crippen molar-refractivity contribution in [1.29, 1.82) is 0 Å². The van der Waals surface area contributed by atoms with Gasteiger partial charge in [-0.1, -0.05) is 24.3 Å². The Bertz CT molecular complexity index is 895. The molecule has 25 heavy (non-hydrogen) atoms. The van der Waals surface area contributed by atoms with Crippen molar-refractivity contribution < 1.29 is 18.7 Å². The molecule has 2 aromatic carbocycles. The number of benzene rings is 2. The van der Waals surface area contributed by atoms with Gasteiger partial charge in [0.25, 0.3) is 0 Å². The van der Waals surface area contributed by atoms with Gasteiger partial charge in [0.15, 0.2) is 5.78 Å². The summed E-state index contributed by atoms with van der Waals surface area (Å²) >= 11 is 1.30. The number of ether oxygens (including phenoxy) is 1. The van der Waals surface area contributed by atoms with Crippen molar-refractivity contribution in [3.8, 4) is 5.75 Å². The number of hydrogen-bond donors (Lipinski definition) is 0. The number of ketones is 1. The molecule has 0 bridgehead atoms. The minimum Gasteiger partial charge on any atom is -0.422 e. The van der Waals surface area contributed by atoms with Crippen LogP contribution in [-0.4, -0.2) is 11.8 Å². The summed E-state index contributed by atoms with van der Waals surface area (Å²) in [6, 6.07) is 15.6. The van der Waals surface area contributed by atoms with E-state index in [9.17, 15) is 14.0 Å². The van der Waals surface area contributed by atoms with Gasteiger partial charge in [0.2, 0.25) is 0 Å². The fourth-order valence-electron chi connectivity index (χ4n) is 2.08. The van der Waals surface area contributed by atoms with Crippen molar-refractivity contribution in [3.05, 3.63) is 93.9 Å². The van der Waals surface area contributed by atoms with Crippen LogP contribution in [0.4, 0.5) is 4.39 Å². The van der Waals surface area contributed by atoms with Crippen molar-refractivity contribution in [1.82, 2.24) is 0 Å². The van der Waals surface area contributed by atoms with Gasteiger partial charge in [0, 0.05) is 5.56 Å². The minimum atomic E-state index is -0.426. The highest BCUT2D eigenvalue weighted by atomic mass is 32.1. The van der Waals surface area contributed by atoms with E-state index in [1.165, 1.54) is 29.5 Å². The monoisotopic (exact) mass is 352 g/mol. The summed E-state index contributed by atoms with van der Waals surface area (Å²) in [5.74, 6) is -0.570. The van der Waals surface area contributed by atoms with E-state index in [2.05, 4.69) is 0 Å². The van der Waals surface area contributed by atoms with Crippen LogP contribution in [0.3, 0.4) is 0 Å². The zero-order valence-corrected chi connectivity index (χ0v) is 13.8. The van der Waals surface area contributed by atoms with Crippen molar-refractivity contribution in [2.45, 2.75) is 0 Å². The van der Waals surface area contributed by atoms with E-state index in [0.717, 1.165) is 5.56 Å². The summed E-state index contributed by atoms with van der Waals surface area (Å²) in [6.07, 6.45) is 3.03. The maximum atomic E-state index is 12.8. The zero-order chi connectivity index (χ0) is 17.6.